The maximum absolute atomic E-state index is 12.4. The topological polar surface area (TPSA) is 53.6 Å². The fraction of sp³-hybridized carbons (Fsp3) is 0.321. The first-order valence-corrected chi connectivity index (χ1v) is 11.5. The van der Waals surface area contributed by atoms with Crippen molar-refractivity contribution in [1.29, 1.82) is 0 Å². The highest BCUT2D eigenvalue weighted by molar-refractivity contribution is 5.74. The molecule has 5 heteroatoms. The summed E-state index contributed by atoms with van der Waals surface area (Å²) in [4.78, 5) is 14.7. The Morgan fingerprint density at radius 1 is 0.939 bits per heavy atom. The van der Waals surface area contributed by atoms with E-state index in [1.165, 1.54) is 16.7 Å². The van der Waals surface area contributed by atoms with Crippen molar-refractivity contribution in [1.82, 2.24) is 4.90 Å². The van der Waals surface area contributed by atoms with Crippen molar-refractivity contribution in [2.24, 2.45) is 0 Å². The lowest BCUT2D eigenvalue weighted by molar-refractivity contribution is -0.112. The maximum Gasteiger partial charge on any atom is 0.144 e. The molecule has 2 unspecified atom stereocenters. The van der Waals surface area contributed by atoms with Gasteiger partial charge in [-0.2, -0.15) is 0 Å². The number of anilines is 2. The molecule has 1 heterocycles. The summed E-state index contributed by atoms with van der Waals surface area (Å²) in [6.07, 6.45) is 1.25. The van der Waals surface area contributed by atoms with Crippen molar-refractivity contribution in [3.8, 4) is 0 Å². The Morgan fingerprint density at radius 2 is 1.55 bits per heavy atom. The summed E-state index contributed by atoms with van der Waals surface area (Å²) in [7, 11) is 1.74. The van der Waals surface area contributed by atoms with Crippen LogP contribution in [0, 0.1) is 13.8 Å². The zero-order valence-electron chi connectivity index (χ0n) is 19.6. The van der Waals surface area contributed by atoms with Gasteiger partial charge in [0, 0.05) is 26.7 Å². The highest BCUT2D eigenvalue weighted by atomic mass is 16.5. The quantitative estimate of drug-likeness (QED) is 0.434. The molecule has 2 atom stereocenters. The minimum Gasteiger partial charge on any atom is -0.379 e. The van der Waals surface area contributed by atoms with Crippen molar-refractivity contribution in [3.05, 3.63) is 95.1 Å². The Labute approximate surface area is 196 Å². The average Bonchev–Trinajstić information content (AvgIpc) is 2.81. The van der Waals surface area contributed by atoms with Crippen LogP contribution < -0.4 is 10.6 Å². The molecule has 0 aliphatic carbocycles. The van der Waals surface area contributed by atoms with Gasteiger partial charge in [-0.1, -0.05) is 71.8 Å². The lowest BCUT2D eigenvalue weighted by Gasteiger charge is -2.45. The lowest BCUT2D eigenvalue weighted by atomic mass is 9.93. The zero-order chi connectivity index (χ0) is 23.2. The number of benzene rings is 3. The van der Waals surface area contributed by atoms with E-state index in [-0.39, 0.29) is 12.1 Å². The summed E-state index contributed by atoms with van der Waals surface area (Å²) in [5.41, 5.74) is 6.69. The number of ether oxygens (including phenoxy) is 1. The Morgan fingerprint density at radius 3 is 2.15 bits per heavy atom. The number of nitrogens with zero attached hydrogens (tertiary/aromatic N) is 1. The first-order chi connectivity index (χ1) is 16.1. The summed E-state index contributed by atoms with van der Waals surface area (Å²) in [6, 6.07) is 24.6. The first kappa shape index (κ1) is 23.0. The highest BCUT2D eigenvalue weighted by Gasteiger charge is 2.37. The minimum atomic E-state index is -0.396. The number of carbonyl (C=O) groups excluding carboxylic acids is 1. The van der Waals surface area contributed by atoms with Gasteiger partial charge in [0.05, 0.1) is 23.5 Å². The van der Waals surface area contributed by atoms with Crippen LogP contribution in [-0.2, 0) is 16.1 Å². The van der Waals surface area contributed by atoms with Crippen LogP contribution in [0.15, 0.2) is 72.8 Å². The Balaban J connectivity index is 1.54. The summed E-state index contributed by atoms with van der Waals surface area (Å²) in [6.45, 7) is 6.51. The van der Waals surface area contributed by atoms with Crippen LogP contribution in [-0.4, -0.2) is 43.5 Å². The average molecular weight is 444 g/mol. The van der Waals surface area contributed by atoms with E-state index in [0.717, 1.165) is 36.3 Å². The molecule has 0 spiro atoms. The zero-order valence-corrected chi connectivity index (χ0v) is 19.6. The second-order valence-electron chi connectivity index (χ2n) is 8.86. The van der Waals surface area contributed by atoms with Gasteiger partial charge in [0.1, 0.15) is 12.3 Å². The molecule has 0 radical (unpaired) electrons. The van der Waals surface area contributed by atoms with Crippen molar-refractivity contribution >= 4 is 17.7 Å². The second kappa shape index (κ2) is 10.6. The first-order valence-electron chi connectivity index (χ1n) is 11.5. The van der Waals surface area contributed by atoms with Crippen LogP contribution in [0.3, 0.4) is 0 Å². The van der Waals surface area contributed by atoms with E-state index in [1.54, 1.807) is 7.11 Å². The Kier molecular flexibility index (Phi) is 7.43. The third-order valence-electron chi connectivity index (χ3n) is 6.36. The van der Waals surface area contributed by atoms with Gasteiger partial charge >= 0.3 is 0 Å². The molecule has 3 aromatic rings. The molecule has 172 valence electrons. The number of methoxy groups -OCH3 is 1. The van der Waals surface area contributed by atoms with E-state index in [0.29, 0.717) is 6.54 Å². The third kappa shape index (κ3) is 5.62. The van der Waals surface area contributed by atoms with Gasteiger partial charge in [0.25, 0.3) is 0 Å². The number of aldehydes is 1. The summed E-state index contributed by atoms with van der Waals surface area (Å²) < 4.78 is 5.49. The van der Waals surface area contributed by atoms with Gasteiger partial charge in [-0.25, -0.2) is 0 Å². The fourth-order valence-corrected chi connectivity index (χ4v) is 4.29. The van der Waals surface area contributed by atoms with Gasteiger partial charge in [0.2, 0.25) is 0 Å². The largest absolute Gasteiger partial charge is 0.379 e. The second-order valence-corrected chi connectivity index (χ2v) is 8.86. The van der Waals surface area contributed by atoms with Gasteiger partial charge < -0.3 is 20.2 Å². The number of carbonyl (C=O) groups is 1. The Hall–Kier alpha value is -3.15. The maximum atomic E-state index is 12.4. The van der Waals surface area contributed by atoms with Crippen LogP contribution >= 0.6 is 0 Å². The van der Waals surface area contributed by atoms with Crippen LogP contribution in [0.5, 0.6) is 0 Å². The summed E-state index contributed by atoms with van der Waals surface area (Å²) >= 11 is 0. The number of hydrogen-bond donors (Lipinski definition) is 2. The molecule has 3 aromatic carbocycles. The van der Waals surface area contributed by atoms with Crippen molar-refractivity contribution < 1.29 is 9.53 Å². The number of likely N-dealkylation sites (tertiary alicyclic amines) is 1. The molecule has 0 amide bonds. The molecular formula is C28H33N3O2. The predicted molar refractivity (Wildman–Crippen MR) is 135 cm³/mol. The molecule has 2 N–H and O–H groups in total. The van der Waals surface area contributed by atoms with E-state index in [2.05, 4.69) is 77.9 Å². The molecule has 0 aromatic heterocycles. The molecule has 5 nitrogen and oxygen atoms in total. The smallest absolute Gasteiger partial charge is 0.144 e. The molecule has 1 aliphatic heterocycles. The van der Waals surface area contributed by atoms with E-state index in [1.807, 2.05) is 24.3 Å². The van der Waals surface area contributed by atoms with Gasteiger partial charge in [-0.05, 0) is 37.1 Å². The number of hydrogen-bond acceptors (Lipinski definition) is 5. The van der Waals surface area contributed by atoms with Gasteiger partial charge in [0.15, 0.2) is 0 Å². The number of rotatable bonds is 10. The molecule has 0 bridgehead atoms. The van der Waals surface area contributed by atoms with Crippen LogP contribution in [0.2, 0.25) is 0 Å². The molecule has 1 saturated heterocycles. The van der Waals surface area contributed by atoms with Crippen LogP contribution in [0.1, 0.15) is 28.3 Å². The van der Waals surface area contributed by atoms with Gasteiger partial charge in [-0.15, -0.1) is 0 Å². The molecular weight excluding hydrogens is 410 g/mol. The molecule has 33 heavy (non-hydrogen) atoms. The van der Waals surface area contributed by atoms with Crippen molar-refractivity contribution in [2.75, 3.05) is 30.8 Å². The van der Waals surface area contributed by atoms with Gasteiger partial charge in [-0.3, -0.25) is 4.90 Å². The lowest BCUT2D eigenvalue weighted by Crippen LogP contribution is -2.56. The molecule has 0 saturated carbocycles. The van der Waals surface area contributed by atoms with E-state index < -0.39 is 6.04 Å². The minimum absolute atomic E-state index is 0.0698. The SMILES string of the molecule is COC1CN(C(c2ccc(C)cc2)C(C=O)Nc2ccccc2NCc2ccc(C)cc2)C1. The number of aryl methyl sites for hydroxylation is 2. The molecule has 1 fully saturated rings. The summed E-state index contributed by atoms with van der Waals surface area (Å²) in [5.74, 6) is 0. The third-order valence-corrected chi connectivity index (χ3v) is 6.36. The standard InChI is InChI=1S/C28H33N3O2/c1-20-8-12-22(13-9-20)16-29-25-6-4-5-7-26(25)30-27(19-32)28(31-17-24(18-31)33-3)23-14-10-21(2)11-15-23/h4-15,19,24,27-30H,16-18H2,1-3H3. The van der Waals surface area contributed by atoms with Crippen molar-refractivity contribution in [2.45, 2.75) is 38.6 Å². The monoisotopic (exact) mass is 443 g/mol. The number of nitrogens with one attached hydrogen (secondary N) is 2. The van der Waals surface area contributed by atoms with Crippen LogP contribution in [0.4, 0.5) is 11.4 Å². The van der Waals surface area contributed by atoms with E-state index in [9.17, 15) is 4.79 Å². The fourth-order valence-electron chi connectivity index (χ4n) is 4.29. The van der Waals surface area contributed by atoms with E-state index in [4.69, 9.17) is 4.74 Å². The molecule has 1 aliphatic rings. The summed E-state index contributed by atoms with van der Waals surface area (Å²) in [5, 5.41) is 7.05. The van der Waals surface area contributed by atoms with Crippen molar-refractivity contribution in [3.63, 3.8) is 0 Å². The van der Waals surface area contributed by atoms with E-state index >= 15 is 0 Å². The highest BCUT2D eigenvalue weighted by Crippen LogP contribution is 2.33. The van der Waals surface area contributed by atoms with Crippen LogP contribution in [0.25, 0.3) is 0 Å². The normalized spacial score (nSPS) is 16.0. The Bertz CT molecular complexity index is 1040. The predicted octanol–water partition coefficient (Wildman–Crippen LogP) is 4.97. The molecule has 4 rings (SSSR count). The number of para-hydroxylation sites is 2.